The lowest BCUT2D eigenvalue weighted by Crippen LogP contribution is -2.56. The lowest BCUT2D eigenvalue weighted by molar-refractivity contribution is -0.128. The van der Waals surface area contributed by atoms with Crippen LogP contribution in [0.15, 0.2) is 109 Å². The summed E-state index contributed by atoms with van der Waals surface area (Å²) in [6, 6.07) is 29.5. The number of aromatic nitrogens is 2. The van der Waals surface area contributed by atoms with E-state index >= 15 is 0 Å². The topological polar surface area (TPSA) is 158 Å². The van der Waals surface area contributed by atoms with Gasteiger partial charge in [-0.3, -0.25) is 20.2 Å². The molecule has 0 bridgehead atoms. The number of fused-ring (bicyclic) bond motifs is 1. The highest BCUT2D eigenvalue weighted by atomic mass is 16.6. The fraction of sp³-hybridized carbons (Fsp3) is 0.370. The van der Waals surface area contributed by atoms with Crippen LogP contribution in [0.3, 0.4) is 0 Å². The molecule has 4 amide bonds. The SMILES string of the molecule is CC[C@H](C)[C@@H](C(=O)N[C@@H](Cc1ccccc1)[C@@H](O)Cc1cc(-c2ccccn2)ccc1CNNC(=O)O[C@H]1CCOC1)N1CCN(Cc2ccnc3ccccc23)C1=O. The molecule has 5 atom stereocenters. The molecule has 3 aromatic carbocycles. The first-order chi connectivity index (χ1) is 28.8. The van der Waals surface area contributed by atoms with E-state index in [2.05, 4.69) is 26.1 Å². The third-order valence-electron chi connectivity index (χ3n) is 11.3. The summed E-state index contributed by atoms with van der Waals surface area (Å²) in [4.78, 5) is 53.7. The summed E-state index contributed by atoms with van der Waals surface area (Å²) in [5.41, 5.74) is 11.7. The zero-order valence-electron chi connectivity index (χ0n) is 33.6. The molecule has 0 aliphatic carbocycles. The van der Waals surface area contributed by atoms with Gasteiger partial charge in [-0.2, -0.15) is 0 Å². The van der Waals surface area contributed by atoms with Gasteiger partial charge in [-0.25, -0.2) is 15.0 Å². The number of hydrogen-bond donors (Lipinski definition) is 4. The number of aliphatic hydroxyl groups is 1. The maximum Gasteiger partial charge on any atom is 0.421 e. The van der Waals surface area contributed by atoms with E-state index in [4.69, 9.17) is 9.47 Å². The molecule has 308 valence electrons. The Hall–Kier alpha value is -5.89. The largest absolute Gasteiger partial charge is 0.443 e. The van der Waals surface area contributed by atoms with E-state index in [0.29, 0.717) is 52.1 Å². The highest BCUT2D eigenvalue weighted by molar-refractivity contribution is 5.89. The minimum atomic E-state index is -1.03. The Bertz CT molecular complexity index is 2180. The van der Waals surface area contributed by atoms with E-state index in [1.807, 2.05) is 111 Å². The number of amides is 4. The molecule has 13 heteroatoms. The van der Waals surface area contributed by atoms with Gasteiger partial charge in [-0.1, -0.05) is 87.0 Å². The first-order valence-electron chi connectivity index (χ1n) is 20.5. The summed E-state index contributed by atoms with van der Waals surface area (Å²) < 4.78 is 10.7. The number of hydrazine groups is 1. The molecule has 0 unspecified atom stereocenters. The third kappa shape index (κ3) is 10.4. The number of urea groups is 1. The predicted molar refractivity (Wildman–Crippen MR) is 225 cm³/mol. The van der Waals surface area contributed by atoms with Crippen molar-refractivity contribution in [3.8, 4) is 11.3 Å². The van der Waals surface area contributed by atoms with Crippen molar-refractivity contribution in [3.05, 3.63) is 132 Å². The molecular formula is C46H53N7O6. The van der Waals surface area contributed by atoms with E-state index in [1.165, 1.54) is 0 Å². The number of rotatable bonds is 17. The van der Waals surface area contributed by atoms with Gasteiger partial charge in [0.1, 0.15) is 12.1 Å². The molecule has 0 spiro atoms. The minimum absolute atomic E-state index is 0.150. The molecule has 59 heavy (non-hydrogen) atoms. The average molecular weight is 800 g/mol. The summed E-state index contributed by atoms with van der Waals surface area (Å²) in [6.45, 7) is 6.49. The maximum absolute atomic E-state index is 14.6. The van der Waals surface area contributed by atoms with Crippen LogP contribution in [0.5, 0.6) is 0 Å². The number of ether oxygens (including phenoxy) is 2. The van der Waals surface area contributed by atoms with Crippen LogP contribution in [0.1, 0.15) is 48.9 Å². The van der Waals surface area contributed by atoms with E-state index in [-0.39, 0.29) is 36.9 Å². The Kier molecular flexibility index (Phi) is 13.8. The Balaban J connectivity index is 1.10. The minimum Gasteiger partial charge on any atom is -0.443 e. The first kappa shape index (κ1) is 41.3. The number of carbonyl (C=O) groups is 3. The van der Waals surface area contributed by atoms with E-state index in [1.54, 1.807) is 22.2 Å². The fourth-order valence-corrected chi connectivity index (χ4v) is 7.90. The number of nitrogens with one attached hydrogen (secondary N) is 3. The van der Waals surface area contributed by atoms with Crippen LogP contribution in [-0.2, 0) is 40.2 Å². The van der Waals surface area contributed by atoms with Gasteiger partial charge in [0.05, 0.1) is 36.6 Å². The molecule has 4 N–H and O–H groups in total. The van der Waals surface area contributed by atoms with Crippen LogP contribution >= 0.6 is 0 Å². The predicted octanol–water partition coefficient (Wildman–Crippen LogP) is 5.80. The quantitative estimate of drug-likeness (QED) is 0.0854. The fourth-order valence-electron chi connectivity index (χ4n) is 7.90. The maximum atomic E-state index is 14.6. The summed E-state index contributed by atoms with van der Waals surface area (Å²) in [5, 5.41) is 16.4. The smallest absolute Gasteiger partial charge is 0.421 e. The Labute approximate surface area is 345 Å². The molecule has 2 aliphatic rings. The lowest BCUT2D eigenvalue weighted by atomic mass is 9.91. The molecule has 2 aliphatic heterocycles. The third-order valence-corrected chi connectivity index (χ3v) is 11.3. The summed E-state index contributed by atoms with van der Waals surface area (Å²) >= 11 is 0. The van der Waals surface area contributed by atoms with Gasteiger partial charge in [0.25, 0.3) is 0 Å². The Morgan fingerprint density at radius 1 is 0.915 bits per heavy atom. The lowest BCUT2D eigenvalue weighted by Gasteiger charge is -2.34. The number of benzene rings is 3. The number of hydrogen-bond acceptors (Lipinski definition) is 9. The number of pyridine rings is 2. The highest BCUT2D eigenvalue weighted by Crippen LogP contribution is 2.27. The summed E-state index contributed by atoms with van der Waals surface area (Å²) in [7, 11) is 0. The van der Waals surface area contributed by atoms with Crippen molar-refractivity contribution in [3.63, 3.8) is 0 Å². The second kappa shape index (κ2) is 19.7. The van der Waals surface area contributed by atoms with Crippen molar-refractivity contribution in [2.75, 3.05) is 26.3 Å². The second-order valence-electron chi connectivity index (χ2n) is 15.4. The Morgan fingerprint density at radius 2 is 1.73 bits per heavy atom. The molecule has 13 nitrogen and oxygen atoms in total. The van der Waals surface area contributed by atoms with Crippen molar-refractivity contribution < 1.29 is 29.0 Å². The normalized spacial score (nSPS) is 17.4. The number of para-hydroxylation sites is 1. The van der Waals surface area contributed by atoms with Gasteiger partial charge < -0.3 is 29.7 Å². The number of nitrogens with zero attached hydrogens (tertiary/aromatic N) is 4. The van der Waals surface area contributed by atoms with Crippen molar-refractivity contribution in [2.45, 2.75) is 76.9 Å². The van der Waals surface area contributed by atoms with Crippen LogP contribution in [0.2, 0.25) is 0 Å². The van der Waals surface area contributed by atoms with Gasteiger partial charge >= 0.3 is 12.1 Å². The standard InChI is InChI=1S/C46H53N7O6/c1-3-31(2)43(53-23-22-52(46(53)57)29-35-18-21-48-40-15-8-7-13-38(35)40)44(55)50-41(25-32-11-5-4-6-12-32)42(54)27-36-26-33(39-14-9-10-20-47-39)16-17-34(36)28-49-51-45(56)59-37-19-24-58-30-37/h4-18,20-21,26,31,37,41-43,49,54H,3,19,22-25,27-30H2,1-2H3,(H,50,55)(H,51,56)/t31-,37-,41-,42-,43-/m0/s1. The molecule has 7 rings (SSSR count). The summed E-state index contributed by atoms with van der Waals surface area (Å²) in [6.07, 6.45) is 3.46. The van der Waals surface area contributed by atoms with Crippen molar-refractivity contribution >= 4 is 28.9 Å². The van der Waals surface area contributed by atoms with Crippen LogP contribution < -0.4 is 16.2 Å². The molecule has 2 saturated heterocycles. The van der Waals surface area contributed by atoms with Crippen molar-refractivity contribution in [2.24, 2.45) is 5.92 Å². The molecule has 4 heterocycles. The Morgan fingerprint density at radius 3 is 2.51 bits per heavy atom. The van der Waals surface area contributed by atoms with Crippen LogP contribution in [0, 0.1) is 5.92 Å². The van der Waals surface area contributed by atoms with Crippen LogP contribution in [0.25, 0.3) is 22.2 Å². The monoisotopic (exact) mass is 799 g/mol. The second-order valence-corrected chi connectivity index (χ2v) is 15.4. The van der Waals surface area contributed by atoms with Gasteiger partial charge in [-0.05, 0) is 64.9 Å². The zero-order valence-corrected chi connectivity index (χ0v) is 33.6. The number of carbonyl (C=O) groups excluding carboxylic acids is 3. The summed E-state index contributed by atoms with van der Waals surface area (Å²) in [5.74, 6) is -0.452. The van der Waals surface area contributed by atoms with E-state index in [9.17, 15) is 19.5 Å². The van der Waals surface area contributed by atoms with E-state index < -0.39 is 24.3 Å². The van der Waals surface area contributed by atoms with Crippen LogP contribution in [0.4, 0.5) is 9.59 Å². The molecule has 2 fully saturated rings. The highest BCUT2D eigenvalue weighted by Gasteiger charge is 2.41. The molecular weight excluding hydrogens is 747 g/mol. The number of aliphatic hydroxyl groups excluding tert-OH is 1. The molecule has 0 radical (unpaired) electrons. The molecule has 0 saturated carbocycles. The first-order valence-corrected chi connectivity index (χ1v) is 20.5. The van der Waals surface area contributed by atoms with Gasteiger partial charge in [-0.15, -0.1) is 0 Å². The van der Waals surface area contributed by atoms with Crippen molar-refractivity contribution in [1.29, 1.82) is 0 Å². The molecule has 5 aromatic rings. The molecule has 2 aromatic heterocycles. The van der Waals surface area contributed by atoms with Crippen LogP contribution in [-0.4, -0.2) is 93.5 Å². The van der Waals surface area contributed by atoms with Gasteiger partial charge in [0.2, 0.25) is 5.91 Å². The average Bonchev–Trinajstić information content (AvgIpc) is 3.90. The van der Waals surface area contributed by atoms with E-state index in [0.717, 1.165) is 44.4 Å². The van der Waals surface area contributed by atoms with Gasteiger partial charge in [0.15, 0.2) is 0 Å². The zero-order chi connectivity index (χ0) is 41.1. The van der Waals surface area contributed by atoms with Crippen molar-refractivity contribution in [1.82, 2.24) is 35.9 Å². The van der Waals surface area contributed by atoms with Gasteiger partial charge in [0, 0.05) is 62.4 Å².